The Hall–Kier alpha value is -2.09. The summed E-state index contributed by atoms with van der Waals surface area (Å²) in [5.74, 6) is -0.0392. The Bertz CT molecular complexity index is 744. The number of anilines is 1. The molecule has 0 aromatic heterocycles. The Morgan fingerprint density at radius 1 is 1.30 bits per heavy atom. The van der Waals surface area contributed by atoms with E-state index in [9.17, 15) is 18.0 Å². The van der Waals surface area contributed by atoms with Crippen LogP contribution in [0.3, 0.4) is 0 Å². The number of amides is 2. The van der Waals surface area contributed by atoms with E-state index < -0.39 is 10.0 Å². The topological polar surface area (TPSA) is 95.6 Å². The van der Waals surface area contributed by atoms with Gasteiger partial charge in [0.05, 0.1) is 6.26 Å². The van der Waals surface area contributed by atoms with Crippen molar-refractivity contribution in [1.29, 1.82) is 0 Å². The number of nitrogens with one attached hydrogen (secondary N) is 2. The molecule has 1 atom stereocenters. The molecule has 2 N–H and O–H groups in total. The lowest BCUT2D eigenvalue weighted by Gasteiger charge is -2.22. The minimum atomic E-state index is -3.33. The second kappa shape index (κ2) is 5.52. The minimum Gasteiger partial charge on any atom is -0.355 e. The van der Waals surface area contributed by atoms with Gasteiger partial charge in [0.1, 0.15) is 0 Å². The number of hydrogen-bond donors (Lipinski definition) is 2. The Morgan fingerprint density at radius 3 is 2.57 bits per heavy atom. The van der Waals surface area contributed by atoms with Crippen LogP contribution < -0.4 is 10.0 Å². The zero-order valence-electron chi connectivity index (χ0n) is 12.8. The summed E-state index contributed by atoms with van der Waals surface area (Å²) in [6, 6.07) is 6.36. The molecule has 2 amide bonds. The highest BCUT2D eigenvalue weighted by molar-refractivity contribution is 7.92. The number of sulfonamides is 1. The summed E-state index contributed by atoms with van der Waals surface area (Å²) in [6.07, 6.45) is 2.38. The normalized spacial score (nSPS) is 24.0. The quantitative estimate of drug-likeness (QED) is 0.835. The molecule has 2 heterocycles. The molecule has 7 nitrogen and oxygen atoms in total. The first kappa shape index (κ1) is 15.8. The van der Waals surface area contributed by atoms with E-state index in [4.69, 9.17) is 0 Å². The maximum Gasteiger partial charge on any atom is 0.253 e. The van der Waals surface area contributed by atoms with Gasteiger partial charge in [0.15, 0.2) is 0 Å². The van der Waals surface area contributed by atoms with Crippen LogP contribution >= 0.6 is 0 Å². The van der Waals surface area contributed by atoms with E-state index in [0.29, 0.717) is 37.3 Å². The molecule has 0 bridgehead atoms. The molecule has 0 aliphatic carbocycles. The van der Waals surface area contributed by atoms with Gasteiger partial charge in [0.2, 0.25) is 15.9 Å². The molecule has 124 valence electrons. The fourth-order valence-corrected chi connectivity index (χ4v) is 3.79. The maximum absolute atomic E-state index is 12.5. The van der Waals surface area contributed by atoms with Gasteiger partial charge in [-0.3, -0.25) is 14.3 Å². The first-order valence-electron chi connectivity index (χ1n) is 7.40. The van der Waals surface area contributed by atoms with Crippen LogP contribution in [-0.4, -0.2) is 51.0 Å². The van der Waals surface area contributed by atoms with Crippen LogP contribution in [0.15, 0.2) is 24.3 Å². The van der Waals surface area contributed by atoms with Crippen LogP contribution in [0.4, 0.5) is 5.69 Å². The molecule has 0 saturated carbocycles. The minimum absolute atomic E-state index is 0.0514. The van der Waals surface area contributed by atoms with Gasteiger partial charge in [0.25, 0.3) is 5.91 Å². The molecule has 2 fully saturated rings. The Kier molecular flexibility index (Phi) is 3.79. The van der Waals surface area contributed by atoms with E-state index in [1.807, 2.05) is 0 Å². The Morgan fingerprint density at radius 2 is 2.00 bits per heavy atom. The van der Waals surface area contributed by atoms with E-state index in [1.54, 1.807) is 29.2 Å². The van der Waals surface area contributed by atoms with E-state index >= 15 is 0 Å². The van der Waals surface area contributed by atoms with Crippen LogP contribution in [-0.2, 0) is 14.8 Å². The molecule has 1 unspecified atom stereocenters. The van der Waals surface area contributed by atoms with Crippen molar-refractivity contribution in [2.24, 2.45) is 5.41 Å². The number of rotatable bonds is 3. The van der Waals surface area contributed by atoms with Gasteiger partial charge in [-0.05, 0) is 30.7 Å². The summed E-state index contributed by atoms with van der Waals surface area (Å²) in [5.41, 5.74) is 0.816. The van der Waals surface area contributed by atoms with Gasteiger partial charge in [-0.1, -0.05) is 0 Å². The third kappa shape index (κ3) is 3.47. The second-order valence-corrected chi connectivity index (χ2v) is 8.13. The fourth-order valence-electron chi connectivity index (χ4n) is 3.23. The SMILES string of the molecule is CS(=O)(=O)Nc1ccc(C(=O)N2CCC3(CNC(=O)C3)C2)cc1. The van der Waals surface area contributed by atoms with Crippen molar-refractivity contribution >= 4 is 27.5 Å². The van der Waals surface area contributed by atoms with E-state index in [2.05, 4.69) is 10.0 Å². The molecule has 2 aliphatic heterocycles. The largest absolute Gasteiger partial charge is 0.355 e. The molecule has 1 spiro atoms. The van der Waals surface area contributed by atoms with Gasteiger partial charge in [0, 0.05) is 42.7 Å². The van der Waals surface area contributed by atoms with Gasteiger partial charge < -0.3 is 10.2 Å². The summed E-state index contributed by atoms with van der Waals surface area (Å²) in [6.45, 7) is 1.85. The average Bonchev–Trinajstić information content (AvgIpc) is 3.04. The number of carbonyl (C=O) groups is 2. The number of hydrogen-bond acceptors (Lipinski definition) is 4. The second-order valence-electron chi connectivity index (χ2n) is 6.38. The van der Waals surface area contributed by atoms with E-state index in [-0.39, 0.29) is 17.2 Å². The molecule has 1 aromatic carbocycles. The maximum atomic E-state index is 12.5. The van der Waals surface area contributed by atoms with E-state index in [0.717, 1.165) is 12.7 Å². The highest BCUT2D eigenvalue weighted by Gasteiger charge is 2.45. The molecule has 2 saturated heterocycles. The summed E-state index contributed by atoms with van der Waals surface area (Å²) in [4.78, 5) is 25.7. The van der Waals surface area contributed by atoms with Crippen LogP contribution in [0, 0.1) is 5.41 Å². The van der Waals surface area contributed by atoms with Crippen molar-refractivity contribution in [2.75, 3.05) is 30.6 Å². The molecular formula is C15H19N3O4S. The van der Waals surface area contributed by atoms with Crippen molar-refractivity contribution in [1.82, 2.24) is 10.2 Å². The van der Waals surface area contributed by atoms with Gasteiger partial charge in [-0.15, -0.1) is 0 Å². The zero-order valence-corrected chi connectivity index (χ0v) is 13.6. The number of likely N-dealkylation sites (tertiary alicyclic amines) is 1. The molecule has 1 aromatic rings. The average molecular weight is 337 g/mol. The Labute approximate surface area is 135 Å². The van der Waals surface area contributed by atoms with E-state index in [1.165, 1.54) is 0 Å². The molecule has 0 radical (unpaired) electrons. The van der Waals surface area contributed by atoms with Gasteiger partial charge >= 0.3 is 0 Å². The van der Waals surface area contributed by atoms with Gasteiger partial charge in [-0.2, -0.15) is 0 Å². The van der Waals surface area contributed by atoms with Gasteiger partial charge in [-0.25, -0.2) is 8.42 Å². The lowest BCUT2D eigenvalue weighted by Crippen LogP contribution is -2.33. The van der Waals surface area contributed by atoms with Crippen LogP contribution in [0.25, 0.3) is 0 Å². The summed E-state index contributed by atoms with van der Waals surface area (Å²) < 4.78 is 24.7. The zero-order chi connectivity index (χ0) is 16.7. The summed E-state index contributed by atoms with van der Waals surface area (Å²) >= 11 is 0. The third-order valence-corrected chi connectivity index (χ3v) is 4.96. The Balaban J connectivity index is 1.68. The standard InChI is InChI=1S/C15H19N3O4S/c1-23(21,22)17-12-4-2-11(3-5-12)14(20)18-7-6-15(10-18)8-13(19)16-9-15/h2-5,17H,6-10H2,1H3,(H,16,19). The summed E-state index contributed by atoms with van der Waals surface area (Å²) in [7, 11) is -3.33. The van der Waals surface area contributed by atoms with Crippen molar-refractivity contribution in [2.45, 2.75) is 12.8 Å². The first-order chi connectivity index (χ1) is 10.8. The molecular weight excluding hydrogens is 318 g/mol. The predicted octanol–water partition coefficient (Wildman–Crippen LogP) is 0.410. The fraction of sp³-hybridized carbons (Fsp3) is 0.467. The van der Waals surface area contributed by atoms with Crippen molar-refractivity contribution in [3.63, 3.8) is 0 Å². The first-order valence-corrected chi connectivity index (χ1v) is 9.29. The van der Waals surface area contributed by atoms with Crippen molar-refractivity contribution in [3.8, 4) is 0 Å². The van der Waals surface area contributed by atoms with Crippen LogP contribution in [0.1, 0.15) is 23.2 Å². The van der Waals surface area contributed by atoms with Crippen molar-refractivity contribution in [3.05, 3.63) is 29.8 Å². The summed E-state index contributed by atoms with van der Waals surface area (Å²) in [5, 5.41) is 2.84. The number of nitrogens with zero attached hydrogens (tertiary/aromatic N) is 1. The number of carbonyl (C=O) groups excluding carboxylic acids is 2. The number of benzene rings is 1. The van der Waals surface area contributed by atoms with Crippen LogP contribution in [0.2, 0.25) is 0 Å². The monoisotopic (exact) mass is 337 g/mol. The predicted molar refractivity (Wildman–Crippen MR) is 85.5 cm³/mol. The molecule has 2 aliphatic rings. The van der Waals surface area contributed by atoms with Crippen molar-refractivity contribution < 1.29 is 18.0 Å². The molecule has 8 heteroatoms. The van der Waals surface area contributed by atoms with Crippen LogP contribution in [0.5, 0.6) is 0 Å². The molecule has 3 rings (SSSR count). The third-order valence-electron chi connectivity index (χ3n) is 4.36. The smallest absolute Gasteiger partial charge is 0.253 e. The lowest BCUT2D eigenvalue weighted by molar-refractivity contribution is -0.119. The lowest BCUT2D eigenvalue weighted by atomic mass is 9.86. The highest BCUT2D eigenvalue weighted by Crippen LogP contribution is 2.37. The highest BCUT2D eigenvalue weighted by atomic mass is 32.2. The molecule has 23 heavy (non-hydrogen) atoms.